The van der Waals surface area contributed by atoms with Gasteiger partial charge in [0.05, 0.1) is 6.04 Å². The van der Waals surface area contributed by atoms with Crippen molar-refractivity contribution in [3.63, 3.8) is 0 Å². The number of carbonyl (C=O) groups is 2. The van der Waals surface area contributed by atoms with Gasteiger partial charge in [-0.3, -0.25) is 9.59 Å². The van der Waals surface area contributed by atoms with Gasteiger partial charge in [0.15, 0.2) is 0 Å². The van der Waals surface area contributed by atoms with Gasteiger partial charge in [-0.05, 0) is 73.5 Å². The van der Waals surface area contributed by atoms with Crippen molar-refractivity contribution in [1.82, 2.24) is 9.80 Å². The third kappa shape index (κ3) is 5.88. The molecule has 7 heteroatoms. The van der Waals surface area contributed by atoms with Gasteiger partial charge in [0.2, 0.25) is 5.91 Å². The number of fused-ring (bicyclic) bond motifs is 1. The molecule has 0 spiro atoms. The molecule has 3 aromatic rings. The maximum Gasteiger partial charge on any atom is 0.254 e. The number of rotatable bonds is 8. The van der Waals surface area contributed by atoms with E-state index in [0.29, 0.717) is 30.3 Å². The van der Waals surface area contributed by atoms with Crippen LogP contribution in [0.4, 0.5) is 0 Å². The Labute approximate surface area is 216 Å². The van der Waals surface area contributed by atoms with E-state index in [2.05, 4.69) is 24.4 Å². The van der Waals surface area contributed by atoms with E-state index in [4.69, 9.17) is 16.3 Å². The lowest BCUT2D eigenvalue weighted by atomic mass is 10.00. The van der Waals surface area contributed by atoms with Crippen molar-refractivity contribution in [2.24, 2.45) is 0 Å². The number of amides is 2. The first kappa shape index (κ1) is 25.3. The largest absolute Gasteiger partial charge is 0.491 e. The average molecular weight is 511 g/mol. The molecule has 0 radical (unpaired) electrons. The molecule has 2 aromatic carbocycles. The number of carbonyl (C=O) groups excluding carboxylic acids is 2. The van der Waals surface area contributed by atoms with Crippen molar-refractivity contribution in [3.8, 4) is 5.75 Å². The van der Waals surface area contributed by atoms with Gasteiger partial charge >= 0.3 is 0 Å². The summed E-state index contributed by atoms with van der Waals surface area (Å²) >= 11 is 7.83. The summed E-state index contributed by atoms with van der Waals surface area (Å²) < 4.78 is 6.24. The van der Waals surface area contributed by atoms with E-state index in [1.807, 2.05) is 30.9 Å². The van der Waals surface area contributed by atoms with Crippen molar-refractivity contribution >= 4 is 34.8 Å². The summed E-state index contributed by atoms with van der Waals surface area (Å²) in [6.45, 7) is 7.60. The van der Waals surface area contributed by atoms with Gasteiger partial charge in [-0.1, -0.05) is 42.3 Å². The Bertz CT molecular complexity index is 1210. The van der Waals surface area contributed by atoms with Gasteiger partial charge in [-0.2, -0.15) is 0 Å². The van der Waals surface area contributed by atoms with Crippen LogP contribution < -0.4 is 4.74 Å². The lowest BCUT2D eigenvalue weighted by molar-refractivity contribution is -0.135. The number of aryl methyl sites for hydroxylation is 2. The monoisotopic (exact) mass is 510 g/mol. The lowest BCUT2D eigenvalue weighted by Crippen LogP contribution is -2.48. The van der Waals surface area contributed by atoms with E-state index in [9.17, 15) is 9.59 Å². The number of ether oxygens (including phenoxy) is 1. The van der Waals surface area contributed by atoms with Crippen LogP contribution >= 0.6 is 22.9 Å². The van der Waals surface area contributed by atoms with E-state index in [0.717, 1.165) is 29.7 Å². The van der Waals surface area contributed by atoms with Crippen LogP contribution in [0.2, 0.25) is 5.02 Å². The van der Waals surface area contributed by atoms with Crippen LogP contribution in [-0.2, 0) is 11.2 Å². The summed E-state index contributed by atoms with van der Waals surface area (Å²) in [7, 11) is 0. The van der Waals surface area contributed by atoms with E-state index >= 15 is 0 Å². The minimum absolute atomic E-state index is 0.0265. The molecule has 5 nitrogen and oxygen atoms in total. The van der Waals surface area contributed by atoms with E-state index in [1.165, 1.54) is 10.4 Å². The van der Waals surface area contributed by atoms with Crippen LogP contribution in [0.3, 0.4) is 0 Å². The second-order valence-corrected chi connectivity index (χ2v) is 10.4. The molecule has 35 heavy (non-hydrogen) atoms. The first-order chi connectivity index (χ1) is 16.9. The SMILES string of the molecule is CCCN(CC(=O)N1CCc2sccc2C1COc1ccc(C)cc1C)C(=O)c1cccc(Cl)c1. The molecule has 4 rings (SSSR count). The summed E-state index contributed by atoms with van der Waals surface area (Å²) in [6, 6.07) is 14.9. The normalized spacial score (nSPS) is 15.0. The zero-order chi connectivity index (χ0) is 24.9. The predicted octanol–water partition coefficient (Wildman–Crippen LogP) is 6.08. The van der Waals surface area contributed by atoms with Crippen LogP contribution in [0.5, 0.6) is 5.75 Å². The summed E-state index contributed by atoms with van der Waals surface area (Å²) in [5, 5.41) is 2.58. The topological polar surface area (TPSA) is 49.9 Å². The number of benzene rings is 2. The Morgan fingerprint density at radius 2 is 2.00 bits per heavy atom. The standard InChI is InChI=1S/C28H31ClN2O3S/c1-4-12-30(28(33)21-6-5-7-22(29)16-21)17-27(32)31-13-10-26-23(11-14-35-26)24(31)18-34-25-9-8-19(2)15-20(25)3/h5-9,11,14-16,24H,4,10,12-13,17-18H2,1-3H3. The average Bonchev–Trinajstić information content (AvgIpc) is 3.32. The van der Waals surface area contributed by atoms with Gasteiger partial charge in [0, 0.05) is 28.6 Å². The number of hydrogen-bond donors (Lipinski definition) is 0. The molecule has 1 aliphatic heterocycles. The highest BCUT2D eigenvalue weighted by Crippen LogP contribution is 2.34. The van der Waals surface area contributed by atoms with Gasteiger partial charge < -0.3 is 14.5 Å². The Kier molecular flexibility index (Phi) is 8.14. The van der Waals surface area contributed by atoms with Crippen molar-refractivity contribution in [1.29, 1.82) is 0 Å². The molecule has 2 amide bonds. The Balaban J connectivity index is 1.53. The number of thiophene rings is 1. The van der Waals surface area contributed by atoms with Gasteiger partial charge in [0.1, 0.15) is 18.9 Å². The number of hydrogen-bond acceptors (Lipinski definition) is 4. The lowest BCUT2D eigenvalue weighted by Gasteiger charge is -2.37. The van der Waals surface area contributed by atoms with Crippen LogP contribution in [0.1, 0.15) is 51.3 Å². The minimum Gasteiger partial charge on any atom is -0.491 e. The summed E-state index contributed by atoms with van der Waals surface area (Å²) in [6.07, 6.45) is 1.57. The van der Waals surface area contributed by atoms with Gasteiger partial charge in [0.25, 0.3) is 5.91 Å². The molecular formula is C28H31ClN2O3S. The molecule has 1 unspecified atom stereocenters. The fraction of sp³-hybridized carbons (Fsp3) is 0.357. The smallest absolute Gasteiger partial charge is 0.254 e. The molecule has 0 saturated carbocycles. The van der Waals surface area contributed by atoms with Gasteiger partial charge in [-0.15, -0.1) is 11.3 Å². The Morgan fingerprint density at radius 1 is 1.17 bits per heavy atom. The molecule has 1 aliphatic rings. The molecule has 0 fully saturated rings. The fourth-order valence-corrected chi connectivity index (χ4v) is 5.70. The highest BCUT2D eigenvalue weighted by atomic mass is 35.5. The minimum atomic E-state index is -0.192. The summed E-state index contributed by atoms with van der Waals surface area (Å²) in [4.78, 5) is 31.6. The number of nitrogens with zero attached hydrogens (tertiary/aromatic N) is 2. The van der Waals surface area contributed by atoms with Crippen molar-refractivity contribution in [3.05, 3.63) is 86.1 Å². The molecule has 2 heterocycles. The maximum absolute atomic E-state index is 13.6. The highest BCUT2D eigenvalue weighted by molar-refractivity contribution is 7.10. The van der Waals surface area contributed by atoms with Crippen molar-refractivity contribution in [2.75, 3.05) is 26.2 Å². The highest BCUT2D eigenvalue weighted by Gasteiger charge is 2.33. The zero-order valence-electron chi connectivity index (χ0n) is 20.4. The van der Waals surface area contributed by atoms with Crippen LogP contribution in [0, 0.1) is 13.8 Å². The van der Waals surface area contributed by atoms with E-state index in [-0.39, 0.29) is 24.4 Å². The molecule has 0 saturated heterocycles. The molecule has 0 bridgehead atoms. The molecule has 1 atom stereocenters. The summed E-state index contributed by atoms with van der Waals surface area (Å²) in [5.74, 6) is 0.577. The first-order valence-corrected chi connectivity index (χ1v) is 13.2. The second-order valence-electron chi connectivity index (χ2n) is 8.97. The van der Waals surface area contributed by atoms with Crippen LogP contribution in [0.15, 0.2) is 53.9 Å². The fourth-order valence-electron chi connectivity index (χ4n) is 4.59. The number of halogens is 1. The third-order valence-electron chi connectivity index (χ3n) is 6.32. The predicted molar refractivity (Wildman–Crippen MR) is 142 cm³/mol. The molecule has 1 aromatic heterocycles. The van der Waals surface area contributed by atoms with Gasteiger partial charge in [-0.25, -0.2) is 0 Å². The summed E-state index contributed by atoms with van der Waals surface area (Å²) in [5.41, 5.74) is 3.89. The molecule has 0 N–H and O–H groups in total. The molecule has 184 valence electrons. The van der Waals surface area contributed by atoms with Crippen LogP contribution in [-0.4, -0.2) is 47.9 Å². The third-order valence-corrected chi connectivity index (χ3v) is 7.55. The van der Waals surface area contributed by atoms with E-state index < -0.39 is 0 Å². The van der Waals surface area contributed by atoms with E-state index in [1.54, 1.807) is 40.5 Å². The molecule has 0 aliphatic carbocycles. The Hall–Kier alpha value is -2.83. The van der Waals surface area contributed by atoms with Crippen molar-refractivity contribution < 1.29 is 14.3 Å². The second kappa shape index (κ2) is 11.3. The quantitative estimate of drug-likeness (QED) is 0.369. The van der Waals surface area contributed by atoms with Crippen LogP contribution in [0.25, 0.3) is 0 Å². The Morgan fingerprint density at radius 3 is 2.74 bits per heavy atom. The maximum atomic E-state index is 13.6. The molecular weight excluding hydrogens is 480 g/mol. The van der Waals surface area contributed by atoms with Crippen molar-refractivity contribution in [2.45, 2.75) is 39.7 Å². The first-order valence-electron chi connectivity index (χ1n) is 12.0. The zero-order valence-corrected chi connectivity index (χ0v) is 22.0.